The molecule has 1 aliphatic rings. The summed E-state index contributed by atoms with van der Waals surface area (Å²) < 4.78 is 1.65. The summed E-state index contributed by atoms with van der Waals surface area (Å²) in [5, 5.41) is 6.92. The zero-order valence-corrected chi connectivity index (χ0v) is 18.1. The third kappa shape index (κ3) is 5.20. The van der Waals surface area contributed by atoms with Crippen LogP contribution < -0.4 is 10.2 Å². The average molecular weight is 408 g/mol. The highest BCUT2D eigenvalue weighted by atomic mass is 16.2. The number of amides is 1. The molecular formula is C22H29N7O. The number of hydrogen-bond donors (Lipinski definition) is 1. The van der Waals surface area contributed by atoms with Crippen LogP contribution in [0.1, 0.15) is 37.9 Å². The second-order valence-corrected chi connectivity index (χ2v) is 7.38. The topological polar surface area (TPSA) is 88.8 Å². The van der Waals surface area contributed by atoms with Crippen molar-refractivity contribution in [2.24, 2.45) is 7.05 Å². The third-order valence-electron chi connectivity index (χ3n) is 4.54. The van der Waals surface area contributed by atoms with E-state index in [4.69, 9.17) is 9.97 Å². The SMILES string of the molecule is CCC.CN(CC(=O)Nc1cnn(C)c1)c1nc(-c2ccccn2)nc2c1CCC2. The molecule has 3 aromatic rings. The number of likely N-dealkylation sites (N-methyl/N-ethyl adjacent to an activating group) is 1. The van der Waals surface area contributed by atoms with E-state index < -0.39 is 0 Å². The number of pyridine rings is 1. The van der Waals surface area contributed by atoms with E-state index in [0.29, 0.717) is 11.5 Å². The maximum absolute atomic E-state index is 12.4. The van der Waals surface area contributed by atoms with Gasteiger partial charge in [0.1, 0.15) is 11.5 Å². The van der Waals surface area contributed by atoms with E-state index in [-0.39, 0.29) is 12.5 Å². The lowest BCUT2D eigenvalue weighted by Gasteiger charge is -2.21. The predicted molar refractivity (Wildman–Crippen MR) is 118 cm³/mol. The summed E-state index contributed by atoms with van der Waals surface area (Å²) in [6.07, 6.45) is 9.29. The van der Waals surface area contributed by atoms with Gasteiger partial charge in [-0.3, -0.25) is 14.5 Å². The molecule has 3 heterocycles. The monoisotopic (exact) mass is 407 g/mol. The molecule has 1 aliphatic carbocycles. The Bertz CT molecular complexity index is 984. The maximum atomic E-state index is 12.4. The molecule has 0 bridgehead atoms. The largest absolute Gasteiger partial charge is 0.350 e. The summed E-state index contributed by atoms with van der Waals surface area (Å²) in [6, 6.07) is 5.69. The molecule has 8 nitrogen and oxygen atoms in total. The number of aromatic nitrogens is 5. The van der Waals surface area contributed by atoms with Gasteiger partial charge >= 0.3 is 0 Å². The Labute approximate surface area is 177 Å². The lowest BCUT2D eigenvalue weighted by atomic mass is 10.2. The summed E-state index contributed by atoms with van der Waals surface area (Å²) in [6.45, 7) is 4.44. The molecule has 1 N–H and O–H groups in total. The molecule has 0 saturated heterocycles. The Morgan fingerprint density at radius 3 is 2.70 bits per heavy atom. The van der Waals surface area contributed by atoms with E-state index in [1.54, 1.807) is 23.3 Å². The Balaban J connectivity index is 0.000000806. The molecule has 3 aromatic heterocycles. The summed E-state index contributed by atoms with van der Waals surface area (Å²) >= 11 is 0. The van der Waals surface area contributed by atoms with Crippen molar-refractivity contribution in [2.75, 3.05) is 23.8 Å². The number of rotatable bonds is 5. The molecule has 158 valence electrons. The molecule has 4 rings (SSSR count). The lowest BCUT2D eigenvalue weighted by Crippen LogP contribution is -2.31. The number of nitrogens with one attached hydrogen (secondary N) is 1. The van der Waals surface area contributed by atoms with Crippen LogP contribution in [0, 0.1) is 0 Å². The Kier molecular flexibility index (Phi) is 7.11. The average Bonchev–Trinajstić information content (AvgIpc) is 3.37. The van der Waals surface area contributed by atoms with Crippen molar-refractivity contribution in [3.8, 4) is 11.5 Å². The van der Waals surface area contributed by atoms with Gasteiger partial charge in [-0.05, 0) is 31.4 Å². The van der Waals surface area contributed by atoms with Gasteiger partial charge in [-0.1, -0.05) is 26.3 Å². The highest BCUT2D eigenvalue weighted by Crippen LogP contribution is 2.30. The number of nitrogens with zero attached hydrogens (tertiary/aromatic N) is 6. The van der Waals surface area contributed by atoms with Crippen molar-refractivity contribution in [2.45, 2.75) is 39.5 Å². The Morgan fingerprint density at radius 2 is 2.03 bits per heavy atom. The van der Waals surface area contributed by atoms with Gasteiger partial charge in [0.25, 0.3) is 0 Å². The minimum Gasteiger partial charge on any atom is -0.350 e. The number of hydrogen-bond acceptors (Lipinski definition) is 6. The fourth-order valence-electron chi connectivity index (χ4n) is 3.31. The van der Waals surface area contributed by atoms with Crippen molar-refractivity contribution in [1.29, 1.82) is 0 Å². The van der Waals surface area contributed by atoms with Crippen molar-refractivity contribution in [1.82, 2.24) is 24.7 Å². The zero-order valence-electron chi connectivity index (χ0n) is 18.1. The van der Waals surface area contributed by atoms with Crippen LogP contribution in [0.3, 0.4) is 0 Å². The van der Waals surface area contributed by atoms with Crippen molar-refractivity contribution >= 4 is 17.4 Å². The van der Waals surface area contributed by atoms with Gasteiger partial charge in [-0.2, -0.15) is 5.10 Å². The molecule has 8 heteroatoms. The van der Waals surface area contributed by atoms with Crippen molar-refractivity contribution < 1.29 is 4.79 Å². The number of fused-ring (bicyclic) bond motifs is 1. The molecule has 1 amide bonds. The van der Waals surface area contributed by atoms with Crippen LogP contribution in [-0.4, -0.2) is 44.2 Å². The van der Waals surface area contributed by atoms with Crippen LogP contribution in [0.25, 0.3) is 11.5 Å². The molecule has 0 unspecified atom stereocenters. The quantitative estimate of drug-likeness (QED) is 0.698. The minimum atomic E-state index is -0.116. The summed E-state index contributed by atoms with van der Waals surface area (Å²) in [5.41, 5.74) is 3.60. The first kappa shape index (κ1) is 21.4. The molecule has 0 spiro atoms. The molecule has 0 saturated carbocycles. The van der Waals surface area contributed by atoms with E-state index in [1.165, 1.54) is 6.42 Å². The van der Waals surface area contributed by atoms with Gasteiger partial charge in [0.2, 0.25) is 5.91 Å². The summed E-state index contributed by atoms with van der Waals surface area (Å²) in [4.78, 5) is 28.1. The minimum absolute atomic E-state index is 0.116. The van der Waals surface area contributed by atoms with E-state index >= 15 is 0 Å². The van der Waals surface area contributed by atoms with Gasteiger partial charge in [-0.25, -0.2) is 9.97 Å². The predicted octanol–water partition coefficient (Wildman–Crippen LogP) is 3.25. The summed E-state index contributed by atoms with van der Waals surface area (Å²) in [7, 11) is 3.69. The van der Waals surface area contributed by atoms with Crippen LogP contribution in [0.2, 0.25) is 0 Å². The van der Waals surface area contributed by atoms with Crippen LogP contribution in [0.15, 0.2) is 36.8 Å². The summed E-state index contributed by atoms with van der Waals surface area (Å²) in [5.74, 6) is 1.29. The molecule has 0 atom stereocenters. The van der Waals surface area contributed by atoms with Gasteiger partial charge in [-0.15, -0.1) is 0 Å². The Hall–Kier alpha value is -3.29. The first-order valence-corrected chi connectivity index (χ1v) is 10.3. The van der Waals surface area contributed by atoms with Gasteiger partial charge in [0, 0.05) is 37.7 Å². The van der Waals surface area contributed by atoms with Crippen LogP contribution in [0.4, 0.5) is 11.5 Å². The first-order chi connectivity index (χ1) is 14.5. The normalized spacial score (nSPS) is 12.0. The molecule has 0 aliphatic heterocycles. The van der Waals surface area contributed by atoms with E-state index in [0.717, 1.165) is 42.0 Å². The highest BCUT2D eigenvalue weighted by Gasteiger charge is 2.23. The molecule has 0 radical (unpaired) electrons. The number of anilines is 2. The standard InChI is InChI=1S/C19H21N7O.C3H8/c1-25(12-17(27)22-13-10-21-26(2)11-13)19-14-6-5-8-15(14)23-18(24-19)16-7-3-4-9-20-16;1-3-2/h3-4,7,9-11H,5-6,8,12H2,1-2H3,(H,22,27);3H2,1-2H3. The molecule has 30 heavy (non-hydrogen) atoms. The lowest BCUT2D eigenvalue weighted by molar-refractivity contribution is -0.114. The fraction of sp³-hybridized carbons (Fsp3) is 0.409. The van der Waals surface area contributed by atoms with Crippen LogP contribution in [-0.2, 0) is 24.7 Å². The highest BCUT2D eigenvalue weighted by molar-refractivity contribution is 5.93. The second kappa shape index (κ2) is 9.96. The molecule has 0 fully saturated rings. The third-order valence-corrected chi connectivity index (χ3v) is 4.54. The van der Waals surface area contributed by atoms with Gasteiger partial charge < -0.3 is 10.2 Å². The number of carbonyl (C=O) groups excluding carboxylic acids is 1. The molecule has 0 aromatic carbocycles. The first-order valence-electron chi connectivity index (χ1n) is 10.3. The van der Waals surface area contributed by atoms with Gasteiger partial charge in [0.05, 0.1) is 18.4 Å². The van der Waals surface area contributed by atoms with E-state index in [9.17, 15) is 4.79 Å². The van der Waals surface area contributed by atoms with Crippen LogP contribution in [0.5, 0.6) is 0 Å². The zero-order chi connectivity index (χ0) is 21.5. The van der Waals surface area contributed by atoms with Gasteiger partial charge in [0.15, 0.2) is 5.82 Å². The van der Waals surface area contributed by atoms with Crippen molar-refractivity contribution in [3.05, 3.63) is 48.0 Å². The maximum Gasteiger partial charge on any atom is 0.244 e. The smallest absolute Gasteiger partial charge is 0.244 e. The second-order valence-electron chi connectivity index (χ2n) is 7.38. The number of aryl methyl sites for hydroxylation is 2. The Morgan fingerprint density at radius 1 is 1.23 bits per heavy atom. The number of carbonyl (C=O) groups is 1. The van der Waals surface area contributed by atoms with Crippen LogP contribution >= 0.6 is 0 Å². The van der Waals surface area contributed by atoms with Crippen molar-refractivity contribution in [3.63, 3.8) is 0 Å². The van der Waals surface area contributed by atoms with E-state index in [2.05, 4.69) is 29.2 Å². The fourth-order valence-corrected chi connectivity index (χ4v) is 3.31. The van der Waals surface area contributed by atoms with E-state index in [1.807, 2.05) is 37.2 Å². The molecular weight excluding hydrogens is 378 g/mol.